The van der Waals surface area contributed by atoms with Gasteiger partial charge >= 0.3 is 0 Å². The summed E-state index contributed by atoms with van der Waals surface area (Å²) in [6.45, 7) is 4.89. The molecule has 0 aliphatic heterocycles. The number of rotatable bonds is 9. The van der Waals surface area contributed by atoms with Gasteiger partial charge in [0.25, 0.3) is 0 Å². The second-order valence-electron chi connectivity index (χ2n) is 6.58. The Bertz CT molecular complexity index is 1040. The van der Waals surface area contributed by atoms with E-state index in [1.807, 2.05) is 19.9 Å². The molecule has 0 fully saturated rings. The maximum atomic E-state index is 13.4. The smallest absolute Gasteiger partial charge is 0.203 e. The molecule has 158 valence electrons. The molecule has 2 aromatic carbocycles. The van der Waals surface area contributed by atoms with Crippen LogP contribution >= 0.6 is 0 Å². The Morgan fingerprint density at radius 2 is 1.67 bits per heavy atom. The minimum atomic E-state index is -0.227. The largest absolute Gasteiger partial charge is 0.493 e. The molecule has 0 unspecified atom stereocenters. The van der Waals surface area contributed by atoms with Gasteiger partial charge in [-0.05, 0) is 43.0 Å². The van der Waals surface area contributed by atoms with Crippen LogP contribution in [0.15, 0.2) is 36.7 Å². The molecule has 0 spiro atoms. The zero-order valence-corrected chi connectivity index (χ0v) is 17.7. The van der Waals surface area contributed by atoms with Crippen molar-refractivity contribution in [3.63, 3.8) is 0 Å². The van der Waals surface area contributed by atoms with Crippen molar-refractivity contribution in [2.24, 2.45) is 0 Å². The molecule has 3 rings (SSSR count). The van der Waals surface area contributed by atoms with Crippen LogP contribution in [0.2, 0.25) is 0 Å². The number of nitrogens with two attached hydrogens (primary N) is 1. The molecule has 0 amide bonds. The molecule has 1 aromatic heterocycles. The van der Waals surface area contributed by atoms with Crippen LogP contribution in [0, 0.1) is 0 Å². The van der Waals surface area contributed by atoms with Crippen molar-refractivity contribution in [2.45, 2.75) is 20.3 Å². The highest BCUT2D eigenvalue weighted by Gasteiger charge is 2.21. The number of ether oxygens (including phenoxy) is 4. The van der Waals surface area contributed by atoms with Crippen LogP contribution in [0.5, 0.6) is 23.0 Å². The second kappa shape index (κ2) is 9.35. The first-order chi connectivity index (χ1) is 14.5. The molecule has 1 heterocycles. The Labute approximate surface area is 175 Å². The van der Waals surface area contributed by atoms with Crippen LogP contribution in [-0.2, 0) is 0 Å². The van der Waals surface area contributed by atoms with Gasteiger partial charge in [0.1, 0.15) is 5.75 Å². The number of pyridine rings is 1. The van der Waals surface area contributed by atoms with Gasteiger partial charge in [0.15, 0.2) is 17.3 Å². The first-order valence-electron chi connectivity index (χ1n) is 9.78. The van der Waals surface area contributed by atoms with Crippen LogP contribution in [0.4, 0.5) is 5.69 Å². The zero-order valence-electron chi connectivity index (χ0n) is 17.7. The molecule has 0 saturated carbocycles. The predicted molar refractivity (Wildman–Crippen MR) is 116 cm³/mol. The molecule has 0 radical (unpaired) electrons. The average molecular weight is 410 g/mol. The van der Waals surface area contributed by atoms with Gasteiger partial charge in [-0.25, -0.2) is 0 Å². The summed E-state index contributed by atoms with van der Waals surface area (Å²) in [5.41, 5.74) is 7.51. The number of hydrogen-bond donors (Lipinski definition) is 1. The van der Waals surface area contributed by atoms with E-state index in [0.29, 0.717) is 63.8 Å². The number of methoxy groups -OCH3 is 2. The number of ketones is 1. The van der Waals surface area contributed by atoms with Crippen molar-refractivity contribution in [2.75, 3.05) is 33.2 Å². The summed E-state index contributed by atoms with van der Waals surface area (Å²) in [5, 5.41) is 1.36. The Morgan fingerprint density at radius 1 is 0.967 bits per heavy atom. The predicted octanol–water partition coefficient (Wildman–Crippen LogP) is 4.25. The fraction of sp³-hybridized carbons (Fsp3) is 0.304. The van der Waals surface area contributed by atoms with Crippen LogP contribution < -0.4 is 24.7 Å². The summed E-state index contributed by atoms with van der Waals surface area (Å²) in [6.07, 6.45) is 4.00. The van der Waals surface area contributed by atoms with Crippen LogP contribution in [0.25, 0.3) is 10.8 Å². The van der Waals surface area contributed by atoms with Crippen molar-refractivity contribution in [1.82, 2.24) is 4.98 Å². The van der Waals surface area contributed by atoms with E-state index in [-0.39, 0.29) is 5.78 Å². The third-order valence-corrected chi connectivity index (χ3v) is 4.66. The Morgan fingerprint density at radius 3 is 2.27 bits per heavy atom. The maximum Gasteiger partial charge on any atom is 0.203 e. The van der Waals surface area contributed by atoms with Gasteiger partial charge in [0.2, 0.25) is 5.75 Å². The van der Waals surface area contributed by atoms with E-state index in [2.05, 4.69) is 4.98 Å². The Kier molecular flexibility index (Phi) is 6.61. The minimum absolute atomic E-state index is 0.227. The zero-order chi connectivity index (χ0) is 21.7. The van der Waals surface area contributed by atoms with Crippen molar-refractivity contribution >= 4 is 22.2 Å². The first-order valence-corrected chi connectivity index (χ1v) is 9.78. The molecule has 0 aliphatic carbocycles. The van der Waals surface area contributed by atoms with Crippen LogP contribution in [-0.4, -0.2) is 38.2 Å². The fourth-order valence-electron chi connectivity index (χ4n) is 3.22. The molecular formula is C23H26N2O5. The average Bonchev–Trinajstić information content (AvgIpc) is 2.78. The molecule has 0 aliphatic rings. The standard InChI is InChI=1S/C23H26N2O5/c1-5-9-30-23-19(27-3)10-14(11-20(23)28-4)22(26)17-13-25-12-16-15(17)7-8-18(21(16)24)29-6-2/h7-8,10-13H,5-6,9,24H2,1-4H3. The van der Waals surface area contributed by atoms with E-state index in [1.165, 1.54) is 20.4 Å². The number of nitrogen functional groups attached to an aromatic ring is 1. The van der Waals surface area contributed by atoms with Crippen molar-refractivity contribution in [1.29, 1.82) is 0 Å². The van der Waals surface area contributed by atoms with E-state index in [9.17, 15) is 4.79 Å². The molecule has 7 nitrogen and oxygen atoms in total. The monoisotopic (exact) mass is 410 g/mol. The lowest BCUT2D eigenvalue weighted by Gasteiger charge is -2.16. The van der Waals surface area contributed by atoms with E-state index in [4.69, 9.17) is 24.7 Å². The molecule has 0 atom stereocenters. The molecule has 0 bridgehead atoms. The summed E-state index contributed by atoms with van der Waals surface area (Å²) in [4.78, 5) is 17.6. The molecule has 0 saturated heterocycles. The highest BCUT2D eigenvalue weighted by molar-refractivity contribution is 6.18. The molecular weight excluding hydrogens is 384 g/mol. The SMILES string of the molecule is CCCOc1c(OC)cc(C(=O)c2cncc3c(N)c(OCC)ccc23)cc1OC. The summed E-state index contributed by atoms with van der Waals surface area (Å²) < 4.78 is 22.2. The Balaban J connectivity index is 2.10. The van der Waals surface area contributed by atoms with Crippen molar-refractivity contribution in [3.05, 3.63) is 47.8 Å². The number of nitrogens with zero attached hydrogens (tertiary/aromatic N) is 1. The lowest BCUT2D eigenvalue weighted by molar-refractivity contribution is 0.103. The highest BCUT2D eigenvalue weighted by Crippen LogP contribution is 2.40. The second-order valence-corrected chi connectivity index (χ2v) is 6.58. The lowest BCUT2D eigenvalue weighted by Crippen LogP contribution is -2.07. The third kappa shape index (κ3) is 3.96. The van der Waals surface area contributed by atoms with E-state index in [0.717, 1.165) is 6.42 Å². The van der Waals surface area contributed by atoms with Gasteiger partial charge in [-0.1, -0.05) is 6.92 Å². The number of carbonyl (C=O) groups is 1. The number of aromatic nitrogens is 1. The number of fused-ring (bicyclic) bond motifs is 1. The van der Waals surface area contributed by atoms with Gasteiger partial charge in [-0.15, -0.1) is 0 Å². The van der Waals surface area contributed by atoms with Gasteiger partial charge < -0.3 is 24.7 Å². The molecule has 3 aromatic rings. The summed E-state index contributed by atoms with van der Waals surface area (Å²) in [6, 6.07) is 6.87. The Hall–Kier alpha value is -3.48. The normalized spacial score (nSPS) is 10.7. The topological polar surface area (TPSA) is 92.9 Å². The van der Waals surface area contributed by atoms with Gasteiger partial charge in [-0.3, -0.25) is 9.78 Å². The quantitative estimate of drug-likeness (QED) is 0.416. The number of hydrogen-bond acceptors (Lipinski definition) is 7. The molecule has 2 N–H and O–H groups in total. The number of anilines is 1. The number of carbonyl (C=O) groups excluding carboxylic acids is 1. The summed E-state index contributed by atoms with van der Waals surface area (Å²) in [5.74, 6) is 1.67. The number of benzene rings is 2. The van der Waals surface area contributed by atoms with Crippen LogP contribution in [0.1, 0.15) is 36.2 Å². The van der Waals surface area contributed by atoms with Crippen molar-refractivity contribution in [3.8, 4) is 23.0 Å². The third-order valence-electron chi connectivity index (χ3n) is 4.66. The maximum absolute atomic E-state index is 13.4. The van der Waals surface area contributed by atoms with Crippen LogP contribution in [0.3, 0.4) is 0 Å². The molecule has 7 heteroatoms. The fourth-order valence-corrected chi connectivity index (χ4v) is 3.22. The minimum Gasteiger partial charge on any atom is -0.493 e. The highest BCUT2D eigenvalue weighted by atomic mass is 16.5. The van der Waals surface area contributed by atoms with E-state index < -0.39 is 0 Å². The van der Waals surface area contributed by atoms with Crippen molar-refractivity contribution < 1.29 is 23.7 Å². The summed E-state index contributed by atoms with van der Waals surface area (Å²) in [7, 11) is 3.05. The van der Waals surface area contributed by atoms with Gasteiger partial charge in [-0.2, -0.15) is 0 Å². The lowest BCUT2D eigenvalue weighted by atomic mass is 9.98. The van der Waals surface area contributed by atoms with E-state index >= 15 is 0 Å². The first kappa shape index (κ1) is 21.2. The van der Waals surface area contributed by atoms with Gasteiger partial charge in [0, 0.05) is 28.9 Å². The van der Waals surface area contributed by atoms with E-state index in [1.54, 1.807) is 24.4 Å². The molecule has 30 heavy (non-hydrogen) atoms. The van der Waals surface area contributed by atoms with Gasteiger partial charge in [0.05, 0.1) is 33.1 Å². The summed E-state index contributed by atoms with van der Waals surface area (Å²) >= 11 is 0.